The molecule has 0 spiro atoms. The summed E-state index contributed by atoms with van der Waals surface area (Å²) in [6.45, 7) is 0.611. The topological polar surface area (TPSA) is 58.5 Å². The van der Waals surface area contributed by atoms with Crippen molar-refractivity contribution in [3.63, 3.8) is 0 Å². The van der Waals surface area contributed by atoms with Crippen LogP contribution >= 0.6 is 0 Å². The molecule has 184 valence electrons. The summed E-state index contributed by atoms with van der Waals surface area (Å²) in [7, 11) is 1.65. The number of hydrogen-bond donors (Lipinski definition) is 1. The van der Waals surface area contributed by atoms with Gasteiger partial charge in [0.25, 0.3) is 0 Å². The summed E-state index contributed by atoms with van der Waals surface area (Å²) in [5.74, 6) is 0.486. The van der Waals surface area contributed by atoms with Crippen LogP contribution in [0.25, 0.3) is 0 Å². The molecule has 2 aromatic carbocycles. The first kappa shape index (κ1) is 24.1. The van der Waals surface area contributed by atoms with Crippen LogP contribution in [0.5, 0.6) is 5.75 Å². The average molecular weight is 484 g/mol. The van der Waals surface area contributed by atoms with Crippen molar-refractivity contribution >= 4 is 0 Å². The molecule has 1 aliphatic rings. The van der Waals surface area contributed by atoms with Crippen LogP contribution in [0.15, 0.2) is 97.6 Å². The summed E-state index contributed by atoms with van der Waals surface area (Å²) in [6, 6.07) is 21.7. The van der Waals surface area contributed by atoms with Gasteiger partial charge in [-0.2, -0.15) is 0 Å². The Balaban J connectivity index is 1.69. The first-order valence-electron chi connectivity index (χ1n) is 12.3. The quantitative estimate of drug-likeness (QED) is 0.333. The second-order valence-electron chi connectivity index (χ2n) is 9.31. The van der Waals surface area contributed by atoms with Crippen molar-refractivity contribution in [3.05, 3.63) is 126 Å². The highest BCUT2D eigenvalue weighted by Gasteiger charge is 2.47. The maximum atomic E-state index is 14.0. The summed E-state index contributed by atoms with van der Waals surface area (Å²) in [5, 5.41) is 12.8. The van der Waals surface area contributed by atoms with Crippen LogP contribution in [0, 0.1) is 5.82 Å². The Morgan fingerprint density at radius 1 is 0.944 bits per heavy atom. The molecular formula is C30H30FN3O2. The van der Waals surface area contributed by atoms with Crippen molar-refractivity contribution in [2.75, 3.05) is 7.11 Å². The van der Waals surface area contributed by atoms with Gasteiger partial charge in [0, 0.05) is 48.5 Å². The zero-order valence-corrected chi connectivity index (χ0v) is 20.3. The van der Waals surface area contributed by atoms with Gasteiger partial charge in [0.1, 0.15) is 17.2 Å². The number of methoxy groups -OCH3 is 1. The molecule has 0 bridgehead atoms. The van der Waals surface area contributed by atoms with E-state index < -0.39 is 11.6 Å². The molecule has 4 aromatic rings. The number of aliphatic hydroxyl groups is 1. The fourth-order valence-corrected chi connectivity index (χ4v) is 5.07. The van der Waals surface area contributed by atoms with E-state index in [2.05, 4.69) is 27.0 Å². The second kappa shape index (κ2) is 10.6. The van der Waals surface area contributed by atoms with E-state index in [9.17, 15) is 9.50 Å². The van der Waals surface area contributed by atoms with Crippen LogP contribution in [0.1, 0.15) is 47.6 Å². The highest BCUT2D eigenvalue weighted by Crippen LogP contribution is 2.47. The third-order valence-corrected chi connectivity index (χ3v) is 7.18. The predicted octanol–water partition coefficient (Wildman–Crippen LogP) is 5.66. The molecular weight excluding hydrogens is 453 g/mol. The number of aromatic nitrogens is 2. The van der Waals surface area contributed by atoms with Gasteiger partial charge in [-0.05, 0) is 60.4 Å². The first-order chi connectivity index (χ1) is 17.6. The van der Waals surface area contributed by atoms with Crippen molar-refractivity contribution in [1.29, 1.82) is 0 Å². The molecule has 1 atom stereocenters. The lowest BCUT2D eigenvalue weighted by Crippen LogP contribution is -2.51. The maximum absolute atomic E-state index is 14.0. The molecule has 6 heteroatoms. The third-order valence-electron chi connectivity index (χ3n) is 7.18. The van der Waals surface area contributed by atoms with Crippen LogP contribution in [-0.2, 0) is 12.1 Å². The molecule has 0 aliphatic heterocycles. The molecule has 1 aliphatic carbocycles. The minimum absolute atomic E-state index is 0.266. The van der Waals surface area contributed by atoms with Crippen LogP contribution in [0.2, 0.25) is 0 Å². The largest absolute Gasteiger partial charge is 0.497 e. The minimum atomic E-state index is -1.48. The summed E-state index contributed by atoms with van der Waals surface area (Å²) in [4.78, 5) is 11.0. The number of halogens is 1. The number of pyridine rings is 2. The number of ether oxygens (including phenoxy) is 1. The van der Waals surface area contributed by atoms with Gasteiger partial charge in [0.2, 0.25) is 0 Å². The van der Waals surface area contributed by atoms with E-state index >= 15 is 0 Å². The third kappa shape index (κ3) is 4.74. The zero-order chi connectivity index (χ0) is 25.0. The fraction of sp³-hybridized carbons (Fsp3) is 0.267. The van der Waals surface area contributed by atoms with E-state index in [4.69, 9.17) is 4.74 Å². The van der Waals surface area contributed by atoms with E-state index in [1.54, 1.807) is 44.0 Å². The molecule has 2 heterocycles. The van der Waals surface area contributed by atoms with Gasteiger partial charge in [0.05, 0.1) is 13.2 Å². The standard InChI is InChI=1S/C30H30FN3O2/c1-36-28-15-9-22(10-16-28)21-34(27-7-2-8-27)29(23-11-13-26(31)14-12-23)30(35,24-5-3-17-32-19-24)25-6-4-18-33-20-25/h3-6,9-20,27,29,35H,2,7-8,21H2,1H3. The summed E-state index contributed by atoms with van der Waals surface area (Å²) in [5.41, 5.74) is 1.77. The summed E-state index contributed by atoms with van der Waals surface area (Å²) in [6.07, 6.45) is 10.0. The number of hydrogen-bond acceptors (Lipinski definition) is 5. The van der Waals surface area contributed by atoms with Crippen LogP contribution in [-0.4, -0.2) is 33.1 Å². The lowest BCUT2D eigenvalue weighted by Gasteiger charge is -2.49. The Labute approximate surface area is 211 Å². The smallest absolute Gasteiger partial charge is 0.137 e. The average Bonchev–Trinajstić information content (AvgIpc) is 2.90. The van der Waals surface area contributed by atoms with Crippen LogP contribution in [0.4, 0.5) is 4.39 Å². The van der Waals surface area contributed by atoms with Gasteiger partial charge in [-0.15, -0.1) is 0 Å². The Kier molecular flexibility index (Phi) is 7.07. The van der Waals surface area contributed by atoms with Crippen molar-refractivity contribution in [1.82, 2.24) is 14.9 Å². The molecule has 5 rings (SSSR count). The Morgan fingerprint density at radius 2 is 1.56 bits per heavy atom. The van der Waals surface area contributed by atoms with Crippen LogP contribution < -0.4 is 4.74 Å². The molecule has 36 heavy (non-hydrogen) atoms. The van der Waals surface area contributed by atoms with Crippen LogP contribution in [0.3, 0.4) is 0 Å². The summed E-state index contributed by atoms with van der Waals surface area (Å²) < 4.78 is 19.4. The van der Waals surface area contributed by atoms with Gasteiger partial charge < -0.3 is 9.84 Å². The normalized spacial score (nSPS) is 14.9. The monoisotopic (exact) mass is 483 g/mol. The molecule has 1 saturated carbocycles. The molecule has 0 amide bonds. The molecule has 2 aromatic heterocycles. The van der Waals surface area contributed by atoms with E-state index in [0.29, 0.717) is 17.7 Å². The Bertz CT molecular complexity index is 1210. The van der Waals surface area contributed by atoms with Crippen molar-refractivity contribution in [3.8, 4) is 5.75 Å². The number of benzene rings is 2. The SMILES string of the molecule is COc1ccc(CN(C2CCC2)C(c2ccc(F)cc2)C(O)(c2cccnc2)c2cccnc2)cc1. The lowest BCUT2D eigenvalue weighted by molar-refractivity contribution is -0.0590. The zero-order valence-electron chi connectivity index (χ0n) is 20.3. The fourth-order valence-electron chi connectivity index (χ4n) is 5.07. The van der Waals surface area contributed by atoms with E-state index in [1.165, 1.54) is 12.1 Å². The number of rotatable bonds is 9. The minimum Gasteiger partial charge on any atom is -0.497 e. The second-order valence-corrected chi connectivity index (χ2v) is 9.31. The van der Waals surface area contributed by atoms with Crippen molar-refractivity contribution in [2.45, 2.75) is 43.5 Å². The van der Waals surface area contributed by atoms with Gasteiger partial charge in [-0.1, -0.05) is 42.8 Å². The maximum Gasteiger partial charge on any atom is 0.137 e. The highest BCUT2D eigenvalue weighted by molar-refractivity contribution is 5.40. The first-order valence-corrected chi connectivity index (χ1v) is 12.3. The van der Waals surface area contributed by atoms with Gasteiger partial charge in [0.15, 0.2) is 0 Å². The van der Waals surface area contributed by atoms with E-state index in [0.717, 1.165) is 36.1 Å². The molecule has 0 saturated heterocycles. The molecule has 1 N–H and O–H groups in total. The predicted molar refractivity (Wildman–Crippen MR) is 137 cm³/mol. The summed E-state index contributed by atoms with van der Waals surface area (Å²) >= 11 is 0. The van der Waals surface area contributed by atoms with E-state index in [-0.39, 0.29) is 11.9 Å². The molecule has 5 nitrogen and oxygen atoms in total. The van der Waals surface area contributed by atoms with Crippen molar-refractivity contribution < 1.29 is 14.2 Å². The lowest BCUT2D eigenvalue weighted by atomic mass is 9.75. The number of nitrogens with zero attached hydrogens (tertiary/aromatic N) is 3. The molecule has 1 unspecified atom stereocenters. The Morgan fingerprint density at radius 3 is 2.03 bits per heavy atom. The van der Waals surface area contributed by atoms with Crippen molar-refractivity contribution in [2.24, 2.45) is 0 Å². The van der Waals surface area contributed by atoms with Gasteiger partial charge in [-0.3, -0.25) is 14.9 Å². The van der Waals surface area contributed by atoms with Gasteiger partial charge >= 0.3 is 0 Å². The van der Waals surface area contributed by atoms with Gasteiger partial charge in [-0.25, -0.2) is 4.39 Å². The van der Waals surface area contributed by atoms with E-state index in [1.807, 2.05) is 36.4 Å². The highest BCUT2D eigenvalue weighted by atomic mass is 19.1. The molecule has 1 fully saturated rings. The molecule has 0 radical (unpaired) electrons. The Hall–Kier alpha value is -3.61.